The lowest BCUT2D eigenvalue weighted by molar-refractivity contribution is -0.142. The molecule has 2 N–H and O–H groups in total. The summed E-state index contributed by atoms with van der Waals surface area (Å²) in [5, 5.41) is 0. The minimum atomic E-state index is -0.485. The molecule has 3 atom stereocenters. The zero-order chi connectivity index (χ0) is 12.8. The molecular weight excluding hydrogens is 216 g/mol. The van der Waals surface area contributed by atoms with Crippen LogP contribution in [0.3, 0.4) is 0 Å². The van der Waals surface area contributed by atoms with E-state index in [1.54, 1.807) is 0 Å². The summed E-state index contributed by atoms with van der Waals surface area (Å²) in [6.07, 6.45) is 5.94. The molecule has 1 aliphatic carbocycles. The van der Waals surface area contributed by atoms with E-state index >= 15 is 0 Å². The lowest BCUT2D eigenvalue weighted by Gasteiger charge is -2.36. The molecule has 0 spiro atoms. The first-order chi connectivity index (χ1) is 8.06. The maximum atomic E-state index is 11.2. The van der Waals surface area contributed by atoms with Crippen molar-refractivity contribution >= 4 is 5.97 Å². The molecular formula is C13H26N2O2. The molecule has 0 aromatic rings. The molecule has 0 radical (unpaired) electrons. The van der Waals surface area contributed by atoms with Crippen LogP contribution in [0.2, 0.25) is 0 Å². The Kier molecular flexibility index (Phi) is 5.92. The second-order valence-electron chi connectivity index (χ2n) is 5.23. The highest BCUT2D eigenvalue weighted by Gasteiger charge is 2.25. The van der Waals surface area contributed by atoms with E-state index in [1.807, 2.05) is 0 Å². The van der Waals surface area contributed by atoms with Crippen LogP contribution in [0.4, 0.5) is 0 Å². The molecule has 1 fully saturated rings. The lowest BCUT2D eigenvalue weighted by atomic mass is 9.85. The SMILES string of the molecule is COC(=O)C(N)CCN(C)C1CCCCC1C. The normalized spacial score (nSPS) is 26.9. The first-order valence-electron chi connectivity index (χ1n) is 6.60. The maximum absolute atomic E-state index is 11.2. The van der Waals surface area contributed by atoms with E-state index in [-0.39, 0.29) is 5.97 Å². The molecule has 4 heteroatoms. The van der Waals surface area contributed by atoms with Gasteiger partial charge in [0.05, 0.1) is 7.11 Å². The number of esters is 1. The number of rotatable bonds is 5. The molecule has 0 amide bonds. The fourth-order valence-electron chi connectivity index (χ4n) is 2.73. The van der Waals surface area contributed by atoms with E-state index in [9.17, 15) is 4.79 Å². The van der Waals surface area contributed by atoms with Gasteiger partial charge in [0.25, 0.3) is 0 Å². The van der Waals surface area contributed by atoms with Crippen LogP contribution >= 0.6 is 0 Å². The fraction of sp³-hybridized carbons (Fsp3) is 0.923. The zero-order valence-corrected chi connectivity index (χ0v) is 11.3. The van der Waals surface area contributed by atoms with Gasteiger partial charge in [-0.2, -0.15) is 0 Å². The van der Waals surface area contributed by atoms with Gasteiger partial charge in [-0.15, -0.1) is 0 Å². The molecule has 0 aromatic carbocycles. The second-order valence-corrected chi connectivity index (χ2v) is 5.23. The van der Waals surface area contributed by atoms with Gasteiger partial charge in [-0.25, -0.2) is 0 Å². The van der Waals surface area contributed by atoms with Crippen molar-refractivity contribution in [2.45, 2.75) is 51.1 Å². The van der Waals surface area contributed by atoms with Crippen molar-refractivity contribution in [1.82, 2.24) is 4.90 Å². The molecule has 0 saturated heterocycles. The first kappa shape index (κ1) is 14.5. The van der Waals surface area contributed by atoms with Crippen LogP contribution in [-0.4, -0.2) is 43.7 Å². The number of nitrogens with zero attached hydrogens (tertiary/aromatic N) is 1. The van der Waals surface area contributed by atoms with Gasteiger partial charge < -0.3 is 15.4 Å². The molecule has 1 saturated carbocycles. The number of nitrogens with two attached hydrogens (primary N) is 1. The summed E-state index contributed by atoms with van der Waals surface area (Å²) in [6.45, 7) is 3.19. The van der Waals surface area contributed by atoms with Gasteiger partial charge in [-0.1, -0.05) is 19.8 Å². The number of carbonyl (C=O) groups is 1. The standard InChI is InChI=1S/C13H26N2O2/c1-10-6-4-5-7-12(10)15(2)9-8-11(14)13(16)17-3/h10-12H,4-9,14H2,1-3H3. The smallest absolute Gasteiger partial charge is 0.322 e. The minimum absolute atomic E-state index is 0.310. The van der Waals surface area contributed by atoms with Crippen LogP contribution in [0.15, 0.2) is 0 Å². The average molecular weight is 242 g/mol. The van der Waals surface area contributed by atoms with Crippen LogP contribution in [0.1, 0.15) is 39.0 Å². The largest absolute Gasteiger partial charge is 0.468 e. The van der Waals surface area contributed by atoms with Crippen molar-refractivity contribution in [3.63, 3.8) is 0 Å². The maximum Gasteiger partial charge on any atom is 0.322 e. The highest BCUT2D eigenvalue weighted by molar-refractivity contribution is 5.75. The van der Waals surface area contributed by atoms with E-state index < -0.39 is 6.04 Å². The van der Waals surface area contributed by atoms with Crippen LogP contribution in [0.5, 0.6) is 0 Å². The zero-order valence-electron chi connectivity index (χ0n) is 11.3. The predicted molar refractivity (Wildman–Crippen MR) is 68.7 cm³/mol. The molecule has 17 heavy (non-hydrogen) atoms. The molecule has 0 bridgehead atoms. The molecule has 100 valence electrons. The quantitative estimate of drug-likeness (QED) is 0.740. The Morgan fingerprint density at radius 3 is 2.71 bits per heavy atom. The molecule has 0 aromatic heterocycles. The average Bonchev–Trinajstić information content (AvgIpc) is 2.35. The Balaban J connectivity index is 2.33. The number of methoxy groups -OCH3 is 1. The summed E-state index contributed by atoms with van der Waals surface area (Å²) in [5.74, 6) is 0.443. The van der Waals surface area contributed by atoms with Gasteiger partial charge >= 0.3 is 5.97 Å². The van der Waals surface area contributed by atoms with Crippen LogP contribution in [0, 0.1) is 5.92 Å². The van der Waals surface area contributed by atoms with Crippen molar-refractivity contribution in [2.24, 2.45) is 11.7 Å². The summed E-state index contributed by atoms with van der Waals surface area (Å²) in [4.78, 5) is 13.6. The van der Waals surface area contributed by atoms with Crippen molar-refractivity contribution in [2.75, 3.05) is 20.7 Å². The van der Waals surface area contributed by atoms with Crippen LogP contribution in [-0.2, 0) is 9.53 Å². The van der Waals surface area contributed by atoms with Gasteiger partial charge in [0.15, 0.2) is 0 Å². The van der Waals surface area contributed by atoms with Gasteiger partial charge in [0.1, 0.15) is 6.04 Å². The molecule has 4 nitrogen and oxygen atoms in total. The van der Waals surface area contributed by atoms with Crippen LogP contribution in [0.25, 0.3) is 0 Å². The van der Waals surface area contributed by atoms with E-state index in [0.717, 1.165) is 12.5 Å². The summed E-state index contributed by atoms with van der Waals surface area (Å²) >= 11 is 0. The fourth-order valence-corrected chi connectivity index (χ4v) is 2.73. The highest BCUT2D eigenvalue weighted by atomic mass is 16.5. The number of carbonyl (C=O) groups excluding carboxylic acids is 1. The third-order valence-corrected chi connectivity index (χ3v) is 3.93. The van der Waals surface area contributed by atoms with Gasteiger partial charge in [-0.05, 0) is 32.2 Å². The van der Waals surface area contributed by atoms with Crippen molar-refractivity contribution in [3.05, 3.63) is 0 Å². The third-order valence-electron chi connectivity index (χ3n) is 3.93. The van der Waals surface area contributed by atoms with Gasteiger partial charge in [0.2, 0.25) is 0 Å². The molecule has 1 aliphatic rings. The summed E-state index contributed by atoms with van der Waals surface area (Å²) in [7, 11) is 3.52. The summed E-state index contributed by atoms with van der Waals surface area (Å²) < 4.78 is 4.63. The molecule has 3 unspecified atom stereocenters. The van der Waals surface area contributed by atoms with E-state index in [4.69, 9.17) is 5.73 Å². The van der Waals surface area contributed by atoms with E-state index in [1.165, 1.54) is 32.8 Å². The minimum Gasteiger partial charge on any atom is -0.468 e. The number of hydrogen-bond donors (Lipinski definition) is 1. The Morgan fingerprint density at radius 2 is 2.12 bits per heavy atom. The van der Waals surface area contributed by atoms with Gasteiger partial charge in [-0.3, -0.25) is 4.79 Å². The van der Waals surface area contributed by atoms with E-state index in [0.29, 0.717) is 12.5 Å². The monoisotopic (exact) mass is 242 g/mol. The highest BCUT2D eigenvalue weighted by Crippen LogP contribution is 2.27. The van der Waals surface area contributed by atoms with Crippen molar-refractivity contribution in [1.29, 1.82) is 0 Å². The number of hydrogen-bond acceptors (Lipinski definition) is 4. The Bertz CT molecular complexity index is 246. The topological polar surface area (TPSA) is 55.6 Å². The first-order valence-corrected chi connectivity index (χ1v) is 6.60. The summed E-state index contributed by atoms with van der Waals surface area (Å²) in [6, 6.07) is 0.162. The summed E-state index contributed by atoms with van der Waals surface area (Å²) in [5.41, 5.74) is 5.74. The van der Waals surface area contributed by atoms with E-state index in [2.05, 4.69) is 23.6 Å². The van der Waals surface area contributed by atoms with Crippen molar-refractivity contribution in [3.8, 4) is 0 Å². The lowest BCUT2D eigenvalue weighted by Crippen LogP contribution is -2.42. The number of ether oxygens (including phenoxy) is 1. The Hall–Kier alpha value is -0.610. The second kappa shape index (κ2) is 6.97. The Labute approximate surface area is 104 Å². The van der Waals surface area contributed by atoms with Crippen molar-refractivity contribution < 1.29 is 9.53 Å². The predicted octanol–water partition coefficient (Wildman–Crippen LogP) is 1.39. The molecule has 0 heterocycles. The molecule has 1 rings (SSSR count). The van der Waals surface area contributed by atoms with Gasteiger partial charge in [0, 0.05) is 12.6 Å². The van der Waals surface area contributed by atoms with Crippen LogP contribution < -0.4 is 5.73 Å². The third kappa shape index (κ3) is 4.28. The molecule has 0 aliphatic heterocycles. The Morgan fingerprint density at radius 1 is 1.47 bits per heavy atom.